The second-order valence-electron chi connectivity index (χ2n) is 11.6. The van der Waals surface area contributed by atoms with Gasteiger partial charge in [0.05, 0.1) is 37.9 Å². The number of hydrogen-bond acceptors (Lipinski definition) is 7. The van der Waals surface area contributed by atoms with Gasteiger partial charge in [0, 0.05) is 32.1 Å². The molecule has 0 amide bonds. The summed E-state index contributed by atoms with van der Waals surface area (Å²) in [6.07, 6.45) is 22.9. The molecule has 3 aliphatic heterocycles. The smallest absolute Gasteiger partial charge is 0.330 e. The maximum Gasteiger partial charge on any atom is 0.330 e. The Labute approximate surface area is 241 Å². The normalized spacial score (nSPS) is 34.1. The number of ether oxygens (including phenoxy) is 5. The van der Waals surface area contributed by atoms with E-state index in [2.05, 4.69) is 32.1 Å². The van der Waals surface area contributed by atoms with Gasteiger partial charge in [0.2, 0.25) is 0 Å². The first-order valence-corrected chi connectivity index (χ1v) is 15.1. The van der Waals surface area contributed by atoms with Crippen LogP contribution in [0.4, 0.5) is 0 Å². The fourth-order valence-electron chi connectivity index (χ4n) is 5.79. The number of carbonyl (C=O) groups is 2. The minimum absolute atomic E-state index is 0.0143. The lowest BCUT2D eigenvalue weighted by atomic mass is 9.89. The molecule has 3 aliphatic rings. The second kappa shape index (κ2) is 17.6. The number of unbranched alkanes of at least 4 members (excludes halogenated alkanes) is 2. The number of carbonyl (C=O) groups excluding carboxylic acids is 2. The molecular weight excluding hydrogens is 508 g/mol. The second-order valence-corrected chi connectivity index (χ2v) is 11.6. The summed E-state index contributed by atoms with van der Waals surface area (Å²) in [5.41, 5.74) is 0.950. The molecule has 0 aromatic heterocycles. The molecule has 3 rings (SSSR count). The zero-order valence-electron chi connectivity index (χ0n) is 24.9. The van der Waals surface area contributed by atoms with Gasteiger partial charge in [-0.1, -0.05) is 49.8 Å². The summed E-state index contributed by atoms with van der Waals surface area (Å²) >= 11 is 0. The minimum Gasteiger partial charge on any atom is -0.466 e. The molecule has 0 radical (unpaired) electrons. The average molecular weight is 559 g/mol. The fraction of sp³-hybridized carbons (Fsp3) is 0.697. The van der Waals surface area contributed by atoms with Crippen molar-refractivity contribution >= 4 is 11.9 Å². The van der Waals surface area contributed by atoms with Gasteiger partial charge < -0.3 is 23.7 Å². The van der Waals surface area contributed by atoms with E-state index in [1.165, 1.54) is 7.11 Å². The molecule has 7 heteroatoms. The number of esters is 2. The van der Waals surface area contributed by atoms with Gasteiger partial charge in [0.15, 0.2) is 0 Å². The topological polar surface area (TPSA) is 80.3 Å². The van der Waals surface area contributed by atoms with Gasteiger partial charge in [-0.2, -0.15) is 0 Å². The number of fused-ring (bicyclic) bond motifs is 4. The van der Waals surface area contributed by atoms with Gasteiger partial charge in [0.25, 0.3) is 0 Å². The molecule has 1 unspecified atom stereocenters. The Morgan fingerprint density at radius 2 is 1.70 bits per heavy atom. The zero-order valence-corrected chi connectivity index (χ0v) is 24.9. The number of methoxy groups -OCH3 is 2. The van der Waals surface area contributed by atoms with Crippen LogP contribution in [0.15, 0.2) is 48.1 Å². The average Bonchev–Trinajstić information content (AvgIpc) is 2.92. The Bertz CT molecular complexity index is 904. The largest absolute Gasteiger partial charge is 0.466 e. The molecule has 40 heavy (non-hydrogen) atoms. The number of cyclic esters (lactones) is 1. The maximum absolute atomic E-state index is 13.2. The molecule has 4 bridgehead atoms. The third-order valence-electron chi connectivity index (χ3n) is 7.93. The van der Waals surface area contributed by atoms with E-state index >= 15 is 0 Å². The highest BCUT2D eigenvalue weighted by Crippen LogP contribution is 2.33. The number of hydrogen-bond donors (Lipinski definition) is 0. The molecule has 0 spiro atoms. The summed E-state index contributed by atoms with van der Waals surface area (Å²) in [5, 5.41) is 0. The Balaban J connectivity index is 1.76. The highest BCUT2D eigenvalue weighted by Gasteiger charge is 2.33. The number of rotatable bonds is 8. The van der Waals surface area contributed by atoms with Crippen LogP contribution in [0.1, 0.15) is 84.5 Å². The summed E-state index contributed by atoms with van der Waals surface area (Å²) in [6.45, 7) is 5.09. The van der Waals surface area contributed by atoms with Crippen molar-refractivity contribution in [1.29, 1.82) is 0 Å². The summed E-state index contributed by atoms with van der Waals surface area (Å²) in [4.78, 5) is 25.2. The monoisotopic (exact) mass is 558 g/mol. The molecule has 3 heterocycles. The fourth-order valence-corrected chi connectivity index (χ4v) is 5.79. The molecule has 0 N–H and O–H groups in total. The Kier molecular flexibility index (Phi) is 14.2. The molecule has 7 atom stereocenters. The predicted molar refractivity (Wildman–Crippen MR) is 156 cm³/mol. The van der Waals surface area contributed by atoms with Crippen LogP contribution in [0.3, 0.4) is 0 Å². The van der Waals surface area contributed by atoms with Crippen molar-refractivity contribution in [3.63, 3.8) is 0 Å². The van der Waals surface area contributed by atoms with Crippen LogP contribution in [0.25, 0.3) is 0 Å². The first-order valence-electron chi connectivity index (χ1n) is 15.1. The molecule has 224 valence electrons. The van der Waals surface area contributed by atoms with Gasteiger partial charge in [-0.25, -0.2) is 4.79 Å². The van der Waals surface area contributed by atoms with Gasteiger partial charge in [-0.05, 0) is 69.8 Å². The molecule has 2 fully saturated rings. The van der Waals surface area contributed by atoms with Crippen LogP contribution in [0.5, 0.6) is 0 Å². The molecule has 7 nitrogen and oxygen atoms in total. The van der Waals surface area contributed by atoms with Crippen LogP contribution in [-0.4, -0.2) is 63.3 Å². The summed E-state index contributed by atoms with van der Waals surface area (Å²) in [6, 6.07) is 0. The van der Waals surface area contributed by atoms with Gasteiger partial charge in [-0.15, -0.1) is 0 Å². The van der Waals surface area contributed by atoms with Gasteiger partial charge >= 0.3 is 11.9 Å². The first-order chi connectivity index (χ1) is 19.4. The molecule has 2 saturated heterocycles. The summed E-state index contributed by atoms with van der Waals surface area (Å²) in [5.74, 6) is -0.299. The van der Waals surface area contributed by atoms with Crippen molar-refractivity contribution in [2.75, 3.05) is 20.8 Å². The first kappa shape index (κ1) is 32.3. The van der Waals surface area contributed by atoms with E-state index < -0.39 is 0 Å². The van der Waals surface area contributed by atoms with Crippen LogP contribution in [-0.2, 0) is 33.3 Å². The number of allylic oxidation sites excluding steroid dienone is 4. The van der Waals surface area contributed by atoms with Crippen LogP contribution in [0.2, 0.25) is 0 Å². The van der Waals surface area contributed by atoms with Crippen molar-refractivity contribution < 1.29 is 33.3 Å². The van der Waals surface area contributed by atoms with Crippen molar-refractivity contribution in [2.24, 2.45) is 11.8 Å². The molecular formula is C33H50O7. The van der Waals surface area contributed by atoms with E-state index in [4.69, 9.17) is 23.7 Å². The lowest BCUT2D eigenvalue weighted by Gasteiger charge is -2.37. The quantitative estimate of drug-likeness (QED) is 0.112. The third-order valence-corrected chi connectivity index (χ3v) is 7.93. The van der Waals surface area contributed by atoms with Crippen LogP contribution >= 0.6 is 0 Å². The standard InChI is InChI=1S/C33H50O7/c1-24-15-16-25(2)31(14-9-7-5-6-8-10-17-36-3)40-33(35)23-30-20-26(21-32(34)37-4)19-29(39-30)22-28-13-11-12-27(18-24)38-28/h5,7,9,14-16,21,24-25,27-31H,6,8,10-13,17-20,22-23H2,1-4H3/b7-5-,14-9+,16-15+,26-21-/t24-,25-,27?,28-,29+,30-,31-/m0/s1. The van der Waals surface area contributed by atoms with E-state index in [1.54, 1.807) is 13.2 Å². The highest BCUT2D eigenvalue weighted by atomic mass is 16.6. The van der Waals surface area contributed by atoms with Crippen molar-refractivity contribution in [3.8, 4) is 0 Å². The van der Waals surface area contributed by atoms with E-state index in [0.717, 1.165) is 63.5 Å². The van der Waals surface area contributed by atoms with Crippen molar-refractivity contribution in [2.45, 2.75) is 115 Å². The zero-order chi connectivity index (χ0) is 28.7. The van der Waals surface area contributed by atoms with Crippen LogP contribution < -0.4 is 0 Å². The highest BCUT2D eigenvalue weighted by molar-refractivity contribution is 5.82. The van der Waals surface area contributed by atoms with Gasteiger partial charge in [-0.3, -0.25) is 4.79 Å². The lowest BCUT2D eigenvalue weighted by Crippen LogP contribution is -2.37. The lowest BCUT2D eigenvalue weighted by molar-refractivity contribution is -0.154. The van der Waals surface area contributed by atoms with Crippen LogP contribution in [0, 0.1) is 11.8 Å². The van der Waals surface area contributed by atoms with Gasteiger partial charge in [0.1, 0.15) is 6.10 Å². The summed E-state index contributed by atoms with van der Waals surface area (Å²) < 4.78 is 28.9. The van der Waals surface area contributed by atoms with E-state index in [-0.39, 0.29) is 54.8 Å². The maximum atomic E-state index is 13.2. The minimum atomic E-state index is -0.387. The van der Waals surface area contributed by atoms with E-state index in [0.29, 0.717) is 18.8 Å². The van der Waals surface area contributed by atoms with Crippen molar-refractivity contribution in [3.05, 3.63) is 48.1 Å². The van der Waals surface area contributed by atoms with E-state index in [1.807, 2.05) is 18.2 Å². The Hall–Kier alpha value is -2.22. The predicted octanol–water partition coefficient (Wildman–Crippen LogP) is 6.42. The molecule has 0 aromatic rings. The molecule has 0 aromatic carbocycles. The molecule has 0 aliphatic carbocycles. The SMILES string of the molecule is COCCCC/C=C\C=C\[C@@H]1OC(=O)C[C@@H]2C/C(=C\C(=O)OC)C[C@H](C[C@@H]3CCCC(C[C@@H](C)/C=C/[C@@H]1C)O3)O2. The Morgan fingerprint density at radius 3 is 2.48 bits per heavy atom. The molecule has 0 saturated carbocycles. The third kappa shape index (κ3) is 11.7. The van der Waals surface area contributed by atoms with E-state index in [9.17, 15) is 9.59 Å². The summed E-state index contributed by atoms with van der Waals surface area (Å²) in [7, 11) is 3.10. The Morgan fingerprint density at radius 1 is 0.950 bits per heavy atom. The van der Waals surface area contributed by atoms with Crippen molar-refractivity contribution in [1.82, 2.24) is 0 Å².